The van der Waals surface area contributed by atoms with Gasteiger partial charge in [0.05, 0.1) is 13.0 Å². The highest BCUT2D eigenvalue weighted by Gasteiger charge is 2.22. The molecule has 0 aromatic rings. The number of nitrogens with one attached hydrogen (secondary N) is 1. The van der Waals surface area contributed by atoms with Crippen molar-refractivity contribution in [1.82, 2.24) is 10.2 Å². The molecule has 1 rings (SSSR count). The van der Waals surface area contributed by atoms with Crippen molar-refractivity contribution >= 4 is 12.0 Å². The Labute approximate surface area is 122 Å². The quantitative estimate of drug-likeness (QED) is 0.763. The molecular formula is C15H28N2O3. The van der Waals surface area contributed by atoms with Gasteiger partial charge in [-0.05, 0) is 33.6 Å². The van der Waals surface area contributed by atoms with Crippen LogP contribution < -0.4 is 5.32 Å². The maximum Gasteiger partial charge on any atom is 0.317 e. The van der Waals surface area contributed by atoms with Crippen molar-refractivity contribution in [2.75, 3.05) is 13.2 Å². The maximum absolute atomic E-state index is 12.3. The minimum atomic E-state index is -0.247. The average molecular weight is 284 g/mol. The minimum Gasteiger partial charge on any atom is -0.466 e. The zero-order valence-electron chi connectivity index (χ0n) is 13.0. The zero-order chi connectivity index (χ0) is 15.0. The Morgan fingerprint density at radius 3 is 2.45 bits per heavy atom. The normalized spacial score (nSPS) is 16.0. The van der Waals surface area contributed by atoms with Crippen LogP contribution in [0.4, 0.5) is 4.79 Å². The van der Waals surface area contributed by atoms with Crippen LogP contribution in [-0.4, -0.2) is 42.1 Å². The van der Waals surface area contributed by atoms with Crippen molar-refractivity contribution in [1.29, 1.82) is 0 Å². The second kappa shape index (κ2) is 8.82. The van der Waals surface area contributed by atoms with Crippen LogP contribution in [0.1, 0.15) is 59.3 Å². The fraction of sp³-hybridized carbons (Fsp3) is 0.867. The number of hydrogen-bond acceptors (Lipinski definition) is 3. The van der Waals surface area contributed by atoms with Crippen molar-refractivity contribution in [2.24, 2.45) is 0 Å². The lowest BCUT2D eigenvalue weighted by Crippen LogP contribution is -2.48. The van der Waals surface area contributed by atoms with E-state index in [9.17, 15) is 9.59 Å². The van der Waals surface area contributed by atoms with E-state index in [1.54, 1.807) is 11.8 Å². The topological polar surface area (TPSA) is 58.6 Å². The van der Waals surface area contributed by atoms with Crippen LogP contribution in [-0.2, 0) is 9.53 Å². The number of hydrogen-bond donors (Lipinski definition) is 1. The molecular weight excluding hydrogens is 256 g/mol. The lowest BCUT2D eigenvalue weighted by atomic mass is 9.96. The predicted octanol–water partition coefficient (Wildman–Crippen LogP) is 2.69. The molecule has 5 nitrogen and oxygen atoms in total. The summed E-state index contributed by atoms with van der Waals surface area (Å²) in [6, 6.07) is 0.310. The number of carbonyl (C=O) groups excluding carboxylic acids is 2. The Hall–Kier alpha value is -1.26. The van der Waals surface area contributed by atoms with E-state index in [2.05, 4.69) is 5.32 Å². The summed E-state index contributed by atoms with van der Waals surface area (Å²) < 4.78 is 4.90. The molecule has 0 bridgehead atoms. The summed E-state index contributed by atoms with van der Waals surface area (Å²) in [5.41, 5.74) is 0. The van der Waals surface area contributed by atoms with Gasteiger partial charge in [0.2, 0.25) is 0 Å². The molecule has 2 amide bonds. The molecule has 5 heteroatoms. The molecule has 0 saturated heterocycles. The van der Waals surface area contributed by atoms with Crippen molar-refractivity contribution in [2.45, 2.75) is 71.4 Å². The summed E-state index contributed by atoms with van der Waals surface area (Å²) in [5.74, 6) is -0.247. The number of amides is 2. The standard InChI is InChI=1S/C15H28N2O3/c1-4-20-14(18)10-11-17(12(2)3)15(19)16-13-8-6-5-7-9-13/h12-13H,4-11H2,1-3H3,(H,16,19). The third kappa shape index (κ3) is 5.80. The van der Waals surface area contributed by atoms with Gasteiger partial charge in [-0.3, -0.25) is 4.79 Å². The molecule has 1 saturated carbocycles. The van der Waals surface area contributed by atoms with Gasteiger partial charge in [-0.2, -0.15) is 0 Å². The smallest absolute Gasteiger partial charge is 0.317 e. The Bertz CT molecular complexity index is 312. The molecule has 1 N–H and O–H groups in total. The molecule has 0 radical (unpaired) electrons. The maximum atomic E-state index is 12.3. The van der Waals surface area contributed by atoms with Crippen molar-refractivity contribution < 1.29 is 14.3 Å². The molecule has 0 aromatic heterocycles. The van der Waals surface area contributed by atoms with Crippen LogP contribution >= 0.6 is 0 Å². The Kier molecular flexibility index (Phi) is 7.41. The molecule has 1 aliphatic rings. The predicted molar refractivity (Wildman–Crippen MR) is 78.5 cm³/mol. The van der Waals surface area contributed by atoms with E-state index < -0.39 is 0 Å². The van der Waals surface area contributed by atoms with Crippen LogP contribution in [0.5, 0.6) is 0 Å². The third-order valence-electron chi connectivity index (χ3n) is 3.68. The first-order chi connectivity index (χ1) is 9.54. The summed E-state index contributed by atoms with van der Waals surface area (Å²) >= 11 is 0. The van der Waals surface area contributed by atoms with E-state index in [4.69, 9.17) is 4.74 Å². The van der Waals surface area contributed by atoms with Crippen LogP contribution in [0.3, 0.4) is 0 Å². The molecule has 0 aromatic carbocycles. The van der Waals surface area contributed by atoms with Crippen LogP contribution in [0.25, 0.3) is 0 Å². The van der Waals surface area contributed by atoms with Gasteiger partial charge in [-0.1, -0.05) is 19.3 Å². The molecule has 0 spiro atoms. The number of rotatable bonds is 6. The SMILES string of the molecule is CCOC(=O)CCN(C(=O)NC1CCCCC1)C(C)C. The van der Waals surface area contributed by atoms with Gasteiger partial charge in [0.25, 0.3) is 0 Å². The van der Waals surface area contributed by atoms with Crippen molar-refractivity contribution in [3.63, 3.8) is 0 Å². The van der Waals surface area contributed by atoms with Gasteiger partial charge in [0.15, 0.2) is 0 Å². The second-order valence-corrected chi connectivity index (χ2v) is 5.63. The van der Waals surface area contributed by atoms with Gasteiger partial charge < -0.3 is 15.0 Å². The van der Waals surface area contributed by atoms with E-state index in [0.29, 0.717) is 19.2 Å². The van der Waals surface area contributed by atoms with Gasteiger partial charge in [-0.25, -0.2) is 4.79 Å². The zero-order valence-corrected chi connectivity index (χ0v) is 13.0. The largest absolute Gasteiger partial charge is 0.466 e. The summed E-state index contributed by atoms with van der Waals surface area (Å²) in [6.07, 6.45) is 6.03. The molecule has 0 heterocycles. The molecule has 1 fully saturated rings. The highest BCUT2D eigenvalue weighted by Crippen LogP contribution is 2.17. The monoisotopic (exact) mass is 284 g/mol. The lowest BCUT2D eigenvalue weighted by Gasteiger charge is -2.30. The van der Waals surface area contributed by atoms with Crippen LogP contribution in [0.2, 0.25) is 0 Å². The van der Waals surface area contributed by atoms with Crippen molar-refractivity contribution in [3.8, 4) is 0 Å². The van der Waals surface area contributed by atoms with Gasteiger partial charge >= 0.3 is 12.0 Å². The summed E-state index contributed by atoms with van der Waals surface area (Å²) in [7, 11) is 0. The molecule has 20 heavy (non-hydrogen) atoms. The highest BCUT2D eigenvalue weighted by molar-refractivity contribution is 5.76. The van der Waals surface area contributed by atoms with E-state index in [1.807, 2.05) is 13.8 Å². The number of nitrogens with zero attached hydrogens (tertiary/aromatic N) is 1. The molecule has 116 valence electrons. The Morgan fingerprint density at radius 1 is 1.25 bits per heavy atom. The fourth-order valence-electron chi connectivity index (χ4n) is 2.54. The van der Waals surface area contributed by atoms with Crippen molar-refractivity contribution in [3.05, 3.63) is 0 Å². The third-order valence-corrected chi connectivity index (χ3v) is 3.68. The van der Waals surface area contributed by atoms with Crippen LogP contribution in [0, 0.1) is 0 Å². The number of esters is 1. The lowest BCUT2D eigenvalue weighted by molar-refractivity contribution is -0.143. The van der Waals surface area contributed by atoms with E-state index >= 15 is 0 Å². The number of urea groups is 1. The van der Waals surface area contributed by atoms with Crippen LogP contribution in [0.15, 0.2) is 0 Å². The fourth-order valence-corrected chi connectivity index (χ4v) is 2.54. The number of carbonyl (C=O) groups is 2. The van der Waals surface area contributed by atoms with Gasteiger partial charge in [0, 0.05) is 18.6 Å². The summed E-state index contributed by atoms with van der Waals surface area (Å²) in [6.45, 7) is 6.51. The Balaban J connectivity index is 2.43. The first-order valence-corrected chi connectivity index (χ1v) is 7.77. The minimum absolute atomic E-state index is 0.0591. The first kappa shape index (κ1) is 16.8. The Morgan fingerprint density at radius 2 is 1.90 bits per heavy atom. The molecule has 1 aliphatic carbocycles. The number of ether oxygens (including phenoxy) is 1. The van der Waals surface area contributed by atoms with Gasteiger partial charge in [0.1, 0.15) is 0 Å². The molecule has 0 aliphatic heterocycles. The first-order valence-electron chi connectivity index (χ1n) is 7.77. The van der Waals surface area contributed by atoms with E-state index in [0.717, 1.165) is 12.8 Å². The highest BCUT2D eigenvalue weighted by atomic mass is 16.5. The second-order valence-electron chi connectivity index (χ2n) is 5.63. The molecule has 0 unspecified atom stereocenters. The summed E-state index contributed by atoms with van der Waals surface area (Å²) in [5, 5.41) is 3.09. The molecule has 0 atom stereocenters. The van der Waals surface area contributed by atoms with E-state index in [1.165, 1.54) is 19.3 Å². The van der Waals surface area contributed by atoms with Gasteiger partial charge in [-0.15, -0.1) is 0 Å². The average Bonchev–Trinajstić information content (AvgIpc) is 2.40. The summed E-state index contributed by atoms with van der Waals surface area (Å²) in [4.78, 5) is 25.4. The van der Waals surface area contributed by atoms with E-state index in [-0.39, 0.29) is 24.5 Å².